The van der Waals surface area contributed by atoms with Crippen LogP contribution < -0.4 is 5.43 Å². The highest BCUT2D eigenvalue weighted by atomic mass is 16.5. The number of hydrogen-bond acceptors (Lipinski definition) is 9. The highest BCUT2D eigenvalue weighted by Crippen LogP contribution is 2.43. The van der Waals surface area contributed by atoms with Crippen LogP contribution in [0.2, 0.25) is 0 Å². The summed E-state index contributed by atoms with van der Waals surface area (Å²) in [7, 11) is 0. The Kier molecular flexibility index (Phi) is 5.15. The number of aliphatic hydroxyl groups is 4. The van der Waals surface area contributed by atoms with E-state index < -0.39 is 54.1 Å². The summed E-state index contributed by atoms with van der Waals surface area (Å²) in [4.78, 5) is 12.5. The maximum atomic E-state index is 12.5. The Morgan fingerprint density at radius 2 is 1.70 bits per heavy atom. The van der Waals surface area contributed by atoms with Crippen molar-refractivity contribution >= 4 is 11.0 Å². The molecule has 3 rings (SSSR count). The van der Waals surface area contributed by atoms with Crippen LogP contribution in [0, 0.1) is 0 Å². The van der Waals surface area contributed by atoms with Gasteiger partial charge in [-0.15, -0.1) is 0 Å². The minimum absolute atomic E-state index is 0.167. The van der Waals surface area contributed by atoms with Crippen LogP contribution in [0.5, 0.6) is 11.5 Å². The van der Waals surface area contributed by atoms with Gasteiger partial charge in [0.15, 0.2) is 11.0 Å². The number of ether oxygens (including phenoxy) is 1. The van der Waals surface area contributed by atoms with E-state index in [2.05, 4.69) is 0 Å². The Balaban J connectivity index is 2.28. The Morgan fingerprint density at radius 3 is 2.30 bits per heavy atom. The molecular weight excluding hydrogens is 360 g/mol. The van der Waals surface area contributed by atoms with Gasteiger partial charge in [-0.3, -0.25) is 4.79 Å². The fourth-order valence-corrected chi connectivity index (χ4v) is 3.24. The second-order valence-electron chi connectivity index (χ2n) is 6.95. The maximum Gasteiger partial charge on any atom is 0.196 e. The summed E-state index contributed by atoms with van der Waals surface area (Å²) in [5, 5.41) is 59.9. The Morgan fingerprint density at radius 1 is 1.04 bits per heavy atom. The second-order valence-corrected chi connectivity index (χ2v) is 6.95. The van der Waals surface area contributed by atoms with Gasteiger partial charge < -0.3 is 39.8 Å². The minimum Gasteiger partial charge on any atom is -0.507 e. The summed E-state index contributed by atoms with van der Waals surface area (Å²) in [5.74, 6) is -0.953. The highest BCUT2D eigenvalue weighted by Gasteiger charge is 2.46. The molecule has 5 atom stereocenters. The largest absolute Gasteiger partial charge is 0.507 e. The number of benzene rings is 1. The summed E-state index contributed by atoms with van der Waals surface area (Å²) >= 11 is 0. The van der Waals surface area contributed by atoms with Crippen LogP contribution >= 0.6 is 0 Å². The van der Waals surface area contributed by atoms with Gasteiger partial charge in [-0.05, 0) is 0 Å². The molecular formula is C18H22O9. The molecule has 0 unspecified atom stereocenters. The predicted octanol–water partition coefficient (Wildman–Crippen LogP) is -0.158. The van der Waals surface area contributed by atoms with Crippen molar-refractivity contribution in [2.75, 3.05) is 6.61 Å². The number of phenolic OH excluding ortho intramolecular Hbond substituents is 2. The number of fused-ring (bicyclic) bond motifs is 1. The molecule has 0 spiro atoms. The molecule has 0 amide bonds. The summed E-state index contributed by atoms with van der Waals surface area (Å²) in [6, 6.07) is 2.13. The third kappa shape index (κ3) is 3.17. The van der Waals surface area contributed by atoms with Crippen LogP contribution in [0.15, 0.2) is 21.3 Å². The third-order valence-electron chi connectivity index (χ3n) is 4.76. The van der Waals surface area contributed by atoms with E-state index in [9.17, 15) is 35.4 Å². The van der Waals surface area contributed by atoms with E-state index in [1.54, 1.807) is 13.8 Å². The molecule has 9 nitrogen and oxygen atoms in total. The van der Waals surface area contributed by atoms with Gasteiger partial charge in [-0.25, -0.2) is 0 Å². The molecule has 1 aliphatic rings. The van der Waals surface area contributed by atoms with Gasteiger partial charge >= 0.3 is 0 Å². The minimum atomic E-state index is -1.69. The first-order chi connectivity index (χ1) is 12.7. The molecule has 1 aliphatic heterocycles. The van der Waals surface area contributed by atoms with Crippen molar-refractivity contribution in [1.29, 1.82) is 0 Å². The summed E-state index contributed by atoms with van der Waals surface area (Å²) < 4.78 is 11.2. The van der Waals surface area contributed by atoms with Gasteiger partial charge in [-0.1, -0.05) is 13.8 Å². The molecule has 1 aromatic carbocycles. The standard InChI is InChI=1S/C18H22O9/c1-6(2)10-4-9(22)12-7(20)3-8(21)13(17(12)26-10)18-16(25)15(24)14(23)11(5-19)27-18/h3-4,6,11,14-16,18-21,23-25H,5H2,1-2H3/t11-,14-,15+,16-,18+/m1/s1. The van der Waals surface area contributed by atoms with E-state index >= 15 is 0 Å². The van der Waals surface area contributed by atoms with E-state index in [1.807, 2.05) is 0 Å². The van der Waals surface area contributed by atoms with Gasteiger partial charge in [0.1, 0.15) is 53.2 Å². The lowest BCUT2D eigenvalue weighted by Crippen LogP contribution is -2.55. The number of rotatable bonds is 3. The molecule has 2 aromatic rings. The quantitative estimate of drug-likeness (QED) is 0.424. The fourth-order valence-electron chi connectivity index (χ4n) is 3.24. The maximum absolute atomic E-state index is 12.5. The number of aromatic hydroxyl groups is 2. The lowest BCUT2D eigenvalue weighted by molar-refractivity contribution is -0.231. The first-order valence-corrected chi connectivity index (χ1v) is 8.50. The number of aliphatic hydroxyl groups excluding tert-OH is 4. The molecule has 6 N–H and O–H groups in total. The Labute approximate surface area is 153 Å². The van der Waals surface area contributed by atoms with Gasteiger partial charge in [-0.2, -0.15) is 0 Å². The van der Waals surface area contributed by atoms with Crippen LogP contribution in [0.1, 0.15) is 37.2 Å². The van der Waals surface area contributed by atoms with Gasteiger partial charge in [0, 0.05) is 18.1 Å². The molecule has 2 heterocycles. The zero-order valence-electron chi connectivity index (χ0n) is 14.7. The molecule has 0 bridgehead atoms. The summed E-state index contributed by atoms with van der Waals surface area (Å²) in [6.45, 7) is 2.90. The SMILES string of the molecule is CC(C)c1cc(=O)c2c(O)cc(O)c([C@@H]3O[C@H](CO)[C@@H](O)[C@H](O)[C@H]3O)c2o1. The molecule has 1 aromatic heterocycles. The topological polar surface area (TPSA) is 161 Å². The van der Waals surface area contributed by atoms with Gasteiger partial charge in [0.2, 0.25) is 0 Å². The van der Waals surface area contributed by atoms with Crippen LogP contribution in [-0.4, -0.2) is 61.7 Å². The molecule has 27 heavy (non-hydrogen) atoms. The molecule has 9 heteroatoms. The van der Waals surface area contributed by atoms with Crippen molar-refractivity contribution < 1.29 is 39.8 Å². The third-order valence-corrected chi connectivity index (χ3v) is 4.76. The predicted molar refractivity (Wildman–Crippen MR) is 92.6 cm³/mol. The molecule has 0 aliphatic carbocycles. The fraction of sp³-hybridized carbons (Fsp3) is 0.500. The van der Waals surface area contributed by atoms with E-state index in [-0.39, 0.29) is 28.2 Å². The van der Waals surface area contributed by atoms with E-state index in [1.165, 1.54) is 6.07 Å². The average molecular weight is 382 g/mol. The molecule has 0 saturated carbocycles. The summed E-state index contributed by atoms with van der Waals surface area (Å²) in [6.07, 6.45) is -7.57. The monoisotopic (exact) mass is 382 g/mol. The van der Waals surface area contributed by atoms with Crippen LogP contribution in [0.25, 0.3) is 11.0 Å². The highest BCUT2D eigenvalue weighted by molar-refractivity contribution is 5.88. The Hall–Kier alpha value is -2.17. The Bertz CT molecular complexity index is 902. The number of phenols is 2. The van der Waals surface area contributed by atoms with Crippen molar-refractivity contribution in [3.05, 3.63) is 33.7 Å². The van der Waals surface area contributed by atoms with Crippen molar-refractivity contribution in [3.63, 3.8) is 0 Å². The number of hydrogen-bond donors (Lipinski definition) is 6. The van der Waals surface area contributed by atoms with Crippen LogP contribution in [0.3, 0.4) is 0 Å². The average Bonchev–Trinajstić information content (AvgIpc) is 2.60. The van der Waals surface area contributed by atoms with Crippen LogP contribution in [0.4, 0.5) is 0 Å². The van der Waals surface area contributed by atoms with Crippen molar-refractivity contribution in [2.45, 2.75) is 50.3 Å². The molecule has 1 saturated heterocycles. The van der Waals surface area contributed by atoms with Crippen molar-refractivity contribution in [1.82, 2.24) is 0 Å². The second kappa shape index (κ2) is 7.10. The van der Waals surface area contributed by atoms with Gasteiger partial charge in [0.25, 0.3) is 0 Å². The van der Waals surface area contributed by atoms with Crippen molar-refractivity contribution in [3.8, 4) is 11.5 Å². The molecule has 0 radical (unpaired) electrons. The smallest absolute Gasteiger partial charge is 0.196 e. The summed E-state index contributed by atoms with van der Waals surface area (Å²) in [5.41, 5.74) is -0.921. The zero-order valence-corrected chi connectivity index (χ0v) is 14.7. The van der Waals surface area contributed by atoms with Crippen molar-refractivity contribution in [2.24, 2.45) is 0 Å². The lowest BCUT2D eigenvalue weighted by atomic mass is 9.89. The lowest BCUT2D eigenvalue weighted by Gasteiger charge is -2.40. The van der Waals surface area contributed by atoms with E-state index in [0.29, 0.717) is 0 Å². The first-order valence-electron chi connectivity index (χ1n) is 8.50. The van der Waals surface area contributed by atoms with Gasteiger partial charge in [0.05, 0.1) is 12.2 Å². The van der Waals surface area contributed by atoms with E-state index in [0.717, 1.165) is 6.07 Å². The van der Waals surface area contributed by atoms with E-state index in [4.69, 9.17) is 9.15 Å². The zero-order chi connectivity index (χ0) is 20.0. The molecule has 148 valence electrons. The van der Waals surface area contributed by atoms with Crippen LogP contribution in [-0.2, 0) is 4.74 Å². The molecule has 1 fully saturated rings. The normalized spacial score (nSPS) is 28.8. The first kappa shape index (κ1) is 19.6.